The zero-order valence-corrected chi connectivity index (χ0v) is 13.5. The Hall–Kier alpha value is -1.90. The van der Waals surface area contributed by atoms with Gasteiger partial charge in [0.2, 0.25) is 11.8 Å². The average molecular weight is 307 g/mol. The number of carbonyl (C=O) groups is 3. The summed E-state index contributed by atoms with van der Waals surface area (Å²) < 4.78 is 0. The molecule has 2 N–H and O–H groups in total. The molecular formula is C16H25N3O3. The minimum absolute atomic E-state index is 0.0611. The number of carbonyl (C=O) groups excluding carboxylic acids is 3. The largest absolute Gasteiger partial charge is 0.352 e. The number of amides is 2. The summed E-state index contributed by atoms with van der Waals surface area (Å²) in [6, 6.07) is 0.742. The van der Waals surface area contributed by atoms with Crippen LogP contribution in [0.4, 0.5) is 0 Å². The number of rotatable bonds is 6. The molecule has 122 valence electrons. The first-order valence-electron chi connectivity index (χ1n) is 7.91. The van der Waals surface area contributed by atoms with Crippen molar-refractivity contribution in [2.45, 2.75) is 65.0 Å². The van der Waals surface area contributed by atoms with Gasteiger partial charge in [-0.2, -0.15) is 5.26 Å². The first-order chi connectivity index (χ1) is 10.4. The van der Waals surface area contributed by atoms with E-state index < -0.39 is 23.7 Å². The molecule has 1 rings (SSSR count). The molecule has 2 amide bonds. The third kappa shape index (κ3) is 5.14. The molecule has 0 saturated heterocycles. The lowest BCUT2D eigenvalue weighted by Crippen LogP contribution is -2.48. The van der Waals surface area contributed by atoms with Gasteiger partial charge in [0.1, 0.15) is 0 Å². The van der Waals surface area contributed by atoms with Gasteiger partial charge in [-0.15, -0.1) is 0 Å². The minimum atomic E-state index is -1.39. The van der Waals surface area contributed by atoms with Crippen LogP contribution in [0.1, 0.15) is 52.9 Å². The summed E-state index contributed by atoms with van der Waals surface area (Å²) in [5.41, 5.74) is 0. The predicted octanol–water partition coefficient (Wildman–Crippen LogP) is 1.30. The van der Waals surface area contributed by atoms with Crippen molar-refractivity contribution in [3.05, 3.63) is 0 Å². The molecule has 0 spiro atoms. The summed E-state index contributed by atoms with van der Waals surface area (Å²) in [6.45, 7) is 5.03. The van der Waals surface area contributed by atoms with Crippen molar-refractivity contribution in [2.75, 3.05) is 0 Å². The molecule has 0 aromatic rings. The summed E-state index contributed by atoms with van der Waals surface area (Å²) in [5.74, 6) is -2.77. The SMILES string of the molecule is CC(C)NC(=O)C(C#N)C(=O)C(C)NC(=O)C1CCCCC1. The first-order valence-corrected chi connectivity index (χ1v) is 7.91. The second-order valence-corrected chi connectivity index (χ2v) is 6.19. The monoisotopic (exact) mass is 307 g/mol. The molecule has 0 aromatic carbocycles. The highest BCUT2D eigenvalue weighted by Gasteiger charge is 2.32. The maximum absolute atomic E-state index is 12.2. The molecule has 22 heavy (non-hydrogen) atoms. The normalized spacial score (nSPS) is 18.1. The summed E-state index contributed by atoms with van der Waals surface area (Å²) >= 11 is 0. The Morgan fingerprint density at radius 3 is 2.14 bits per heavy atom. The average Bonchev–Trinajstić information content (AvgIpc) is 2.47. The zero-order valence-electron chi connectivity index (χ0n) is 13.5. The van der Waals surface area contributed by atoms with E-state index in [2.05, 4.69) is 10.6 Å². The molecule has 0 heterocycles. The second-order valence-electron chi connectivity index (χ2n) is 6.19. The Balaban J connectivity index is 2.60. The van der Waals surface area contributed by atoms with Gasteiger partial charge in [0.05, 0.1) is 12.1 Å². The third-order valence-electron chi connectivity index (χ3n) is 3.87. The smallest absolute Gasteiger partial charge is 0.245 e. The van der Waals surface area contributed by atoms with E-state index in [0.29, 0.717) is 0 Å². The van der Waals surface area contributed by atoms with Crippen LogP contribution in [-0.4, -0.2) is 29.7 Å². The molecule has 6 heteroatoms. The Morgan fingerprint density at radius 1 is 1.05 bits per heavy atom. The Morgan fingerprint density at radius 2 is 1.64 bits per heavy atom. The van der Waals surface area contributed by atoms with Crippen molar-refractivity contribution < 1.29 is 14.4 Å². The van der Waals surface area contributed by atoms with Gasteiger partial charge >= 0.3 is 0 Å². The second kappa shape index (κ2) is 8.52. The van der Waals surface area contributed by atoms with Gasteiger partial charge in [-0.1, -0.05) is 19.3 Å². The molecule has 0 radical (unpaired) electrons. The van der Waals surface area contributed by atoms with E-state index in [1.165, 1.54) is 6.92 Å². The number of hydrogen-bond donors (Lipinski definition) is 2. The standard InChI is InChI=1S/C16H25N3O3/c1-10(2)18-16(22)13(9-17)14(20)11(3)19-15(21)12-7-5-4-6-8-12/h10-13H,4-8H2,1-3H3,(H,18,22)(H,19,21). The maximum Gasteiger partial charge on any atom is 0.245 e. The van der Waals surface area contributed by atoms with E-state index in [9.17, 15) is 14.4 Å². The van der Waals surface area contributed by atoms with Crippen molar-refractivity contribution >= 4 is 17.6 Å². The number of Topliss-reactive ketones (excluding diaryl/α,β-unsaturated/α-hetero) is 1. The zero-order chi connectivity index (χ0) is 16.7. The van der Waals surface area contributed by atoms with Crippen LogP contribution in [0.25, 0.3) is 0 Å². The number of nitriles is 1. The van der Waals surface area contributed by atoms with Crippen LogP contribution in [0.2, 0.25) is 0 Å². The van der Waals surface area contributed by atoms with Crippen LogP contribution in [0.5, 0.6) is 0 Å². The fourth-order valence-corrected chi connectivity index (χ4v) is 2.64. The van der Waals surface area contributed by atoms with Crippen LogP contribution >= 0.6 is 0 Å². The molecular weight excluding hydrogens is 282 g/mol. The van der Waals surface area contributed by atoms with Crippen LogP contribution in [0.15, 0.2) is 0 Å². The van der Waals surface area contributed by atoms with Crippen LogP contribution in [0, 0.1) is 23.2 Å². The molecule has 1 fully saturated rings. The highest BCUT2D eigenvalue weighted by atomic mass is 16.2. The molecule has 2 unspecified atom stereocenters. The van der Waals surface area contributed by atoms with Gasteiger partial charge in [-0.3, -0.25) is 14.4 Å². The van der Waals surface area contributed by atoms with E-state index in [1.54, 1.807) is 19.9 Å². The molecule has 2 atom stereocenters. The van der Waals surface area contributed by atoms with E-state index in [1.807, 2.05) is 0 Å². The summed E-state index contributed by atoms with van der Waals surface area (Å²) in [4.78, 5) is 36.2. The van der Waals surface area contributed by atoms with Crippen molar-refractivity contribution in [1.29, 1.82) is 5.26 Å². The summed E-state index contributed by atoms with van der Waals surface area (Å²) in [5, 5.41) is 14.3. The van der Waals surface area contributed by atoms with Gasteiger partial charge in [0.15, 0.2) is 11.7 Å². The highest BCUT2D eigenvalue weighted by Crippen LogP contribution is 2.23. The Labute approximate surface area is 131 Å². The van der Waals surface area contributed by atoms with Gasteiger partial charge in [-0.25, -0.2) is 0 Å². The minimum Gasteiger partial charge on any atom is -0.352 e. The van der Waals surface area contributed by atoms with Crippen molar-refractivity contribution in [3.8, 4) is 6.07 Å². The molecule has 0 bridgehead atoms. The van der Waals surface area contributed by atoms with Gasteiger partial charge in [-0.05, 0) is 33.6 Å². The lowest BCUT2D eigenvalue weighted by molar-refractivity contribution is -0.136. The maximum atomic E-state index is 12.2. The Bertz CT molecular complexity index is 462. The van der Waals surface area contributed by atoms with Gasteiger partial charge in [0, 0.05) is 12.0 Å². The van der Waals surface area contributed by atoms with Crippen LogP contribution < -0.4 is 10.6 Å². The lowest BCUT2D eigenvalue weighted by Gasteiger charge is -2.23. The van der Waals surface area contributed by atoms with Crippen molar-refractivity contribution in [1.82, 2.24) is 10.6 Å². The molecule has 0 aromatic heterocycles. The lowest BCUT2D eigenvalue weighted by atomic mass is 9.88. The Kier molecular flexibility index (Phi) is 7.03. The van der Waals surface area contributed by atoms with E-state index >= 15 is 0 Å². The topological polar surface area (TPSA) is 99.1 Å². The highest BCUT2D eigenvalue weighted by molar-refractivity contribution is 6.07. The molecule has 0 aliphatic heterocycles. The van der Waals surface area contributed by atoms with E-state index in [-0.39, 0.29) is 17.9 Å². The fraction of sp³-hybridized carbons (Fsp3) is 0.750. The quantitative estimate of drug-likeness (QED) is 0.723. The number of hydrogen-bond acceptors (Lipinski definition) is 4. The number of nitrogens with zero attached hydrogens (tertiary/aromatic N) is 1. The number of ketones is 1. The van der Waals surface area contributed by atoms with Crippen LogP contribution in [-0.2, 0) is 14.4 Å². The van der Waals surface area contributed by atoms with Gasteiger partial charge in [0.25, 0.3) is 0 Å². The molecule has 1 aliphatic rings. The summed E-state index contributed by atoms with van der Waals surface area (Å²) in [7, 11) is 0. The summed E-state index contributed by atoms with van der Waals surface area (Å²) in [6.07, 6.45) is 4.87. The predicted molar refractivity (Wildman–Crippen MR) is 81.6 cm³/mol. The third-order valence-corrected chi connectivity index (χ3v) is 3.87. The van der Waals surface area contributed by atoms with Gasteiger partial charge < -0.3 is 10.6 Å². The fourth-order valence-electron chi connectivity index (χ4n) is 2.64. The van der Waals surface area contributed by atoms with Crippen LogP contribution in [0.3, 0.4) is 0 Å². The molecule has 1 saturated carbocycles. The molecule has 1 aliphatic carbocycles. The molecule has 6 nitrogen and oxygen atoms in total. The first kappa shape index (κ1) is 18.1. The van der Waals surface area contributed by atoms with E-state index in [0.717, 1.165) is 32.1 Å². The number of nitrogens with one attached hydrogen (secondary N) is 2. The van der Waals surface area contributed by atoms with Crippen molar-refractivity contribution in [3.63, 3.8) is 0 Å². The van der Waals surface area contributed by atoms with E-state index in [4.69, 9.17) is 5.26 Å². The van der Waals surface area contributed by atoms with Crippen molar-refractivity contribution in [2.24, 2.45) is 11.8 Å².